The smallest absolute Gasteiger partial charge is 0.303 e. The van der Waals surface area contributed by atoms with E-state index in [1.54, 1.807) is 6.07 Å². The Morgan fingerprint density at radius 2 is 2.13 bits per heavy atom. The van der Waals surface area contributed by atoms with Gasteiger partial charge in [0.2, 0.25) is 0 Å². The minimum Gasteiger partial charge on any atom is -0.303 e. The maximum absolute atomic E-state index is 12.7. The number of alkyl halides is 3. The molecule has 120 valence electrons. The summed E-state index contributed by atoms with van der Waals surface area (Å²) in [4.78, 5) is 12.2. The molecule has 2 heterocycles. The largest absolute Gasteiger partial charge is 0.416 e. The molecule has 0 saturated heterocycles. The molecule has 0 spiro atoms. The Hall–Kier alpha value is -2.84. The van der Waals surface area contributed by atoms with Gasteiger partial charge in [-0.05, 0) is 31.2 Å². The first-order chi connectivity index (χ1) is 10.9. The molecule has 0 atom stereocenters. The molecule has 1 amide bonds. The van der Waals surface area contributed by atoms with Gasteiger partial charge in [-0.25, -0.2) is 0 Å². The highest BCUT2D eigenvalue weighted by Crippen LogP contribution is 2.32. The molecule has 0 aliphatic heterocycles. The zero-order chi connectivity index (χ0) is 16.6. The summed E-state index contributed by atoms with van der Waals surface area (Å²) in [6, 6.07) is 4.72. The SMILES string of the molecule is CCn1nccc1C(=O)Nc1n[nH]c2cc(C(F)(F)F)ccc12. The highest BCUT2D eigenvalue weighted by atomic mass is 19.4. The fourth-order valence-corrected chi connectivity index (χ4v) is 2.24. The fourth-order valence-electron chi connectivity index (χ4n) is 2.24. The van der Waals surface area contributed by atoms with E-state index in [9.17, 15) is 18.0 Å². The van der Waals surface area contributed by atoms with Gasteiger partial charge in [-0.3, -0.25) is 14.6 Å². The Morgan fingerprint density at radius 3 is 2.83 bits per heavy atom. The lowest BCUT2D eigenvalue weighted by Gasteiger charge is -2.06. The Kier molecular flexibility index (Phi) is 3.55. The monoisotopic (exact) mass is 323 g/mol. The van der Waals surface area contributed by atoms with Crippen LogP contribution < -0.4 is 5.32 Å². The number of H-pyrrole nitrogens is 1. The summed E-state index contributed by atoms with van der Waals surface area (Å²) in [7, 11) is 0. The standard InChI is InChI=1S/C14H12F3N5O/c1-2-22-11(5-6-18-22)13(23)19-12-9-4-3-8(14(15,16)17)7-10(9)20-21-12/h3-7H,2H2,1H3,(H2,19,20,21,23). The highest BCUT2D eigenvalue weighted by molar-refractivity contribution is 6.07. The van der Waals surface area contributed by atoms with Crippen LogP contribution in [0.15, 0.2) is 30.5 Å². The molecule has 1 aromatic carbocycles. The van der Waals surface area contributed by atoms with Crippen LogP contribution in [0.2, 0.25) is 0 Å². The third kappa shape index (κ3) is 2.77. The van der Waals surface area contributed by atoms with Crippen LogP contribution in [0.1, 0.15) is 23.0 Å². The summed E-state index contributed by atoms with van der Waals surface area (Å²) < 4.78 is 39.6. The highest BCUT2D eigenvalue weighted by Gasteiger charge is 2.31. The summed E-state index contributed by atoms with van der Waals surface area (Å²) in [6.45, 7) is 2.36. The number of rotatable bonds is 3. The molecule has 3 rings (SSSR count). The maximum Gasteiger partial charge on any atom is 0.416 e. The van der Waals surface area contributed by atoms with Gasteiger partial charge in [-0.2, -0.15) is 23.4 Å². The molecular formula is C14H12F3N5O. The Morgan fingerprint density at radius 1 is 1.35 bits per heavy atom. The molecule has 0 radical (unpaired) electrons. The van der Waals surface area contributed by atoms with Crippen LogP contribution in [0.3, 0.4) is 0 Å². The number of fused-ring (bicyclic) bond motifs is 1. The number of nitrogens with one attached hydrogen (secondary N) is 2. The lowest BCUT2D eigenvalue weighted by atomic mass is 10.1. The third-order valence-electron chi connectivity index (χ3n) is 3.37. The Bertz CT molecular complexity index is 865. The normalized spacial score (nSPS) is 11.8. The zero-order valence-electron chi connectivity index (χ0n) is 12.0. The number of aryl methyl sites for hydroxylation is 1. The van der Waals surface area contributed by atoms with Crippen LogP contribution >= 0.6 is 0 Å². The van der Waals surface area contributed by atoms with Crippen molar-refractivity contribution in [1.82, 2.24) is 20.0 Å². The van der Waals surface area contributed by atoms with Crippen LogP contribution in [-0.2, 0) is 12.7 Å². The molecule has 2 N–H and O–H groups in total. The van der Waals surface area contributed by atoms with Gasteiger partial charge in [0.1, 0.15) is 5.69 Å². The van der Waals surface area contributed by atoms with Gasteiger partial charge < -0.3 is 5.32 Å². The van der Waals surface area contributed by atoms with Crippen molar-refractivity contribution in [3.05, 3.63) is 41.7 Å². The number of hydrogen-bond acceptors (Lipinski definition) is 3. The minimum atomic E-state index is -4.43. The average molecular weight is 323 g/mol. The van der Waals surface area contributed by atoms with Crippen molar-refractivity contribution in [2.75, 3.05) is 5.32 Å². The van der Waals surface area contributed by atoms with Crippen molar-refractivity contribution < 1.29 is 18.0 Å². The van der Waals surface area contributed by atoms with E-state index in [1.807, 2.05) is 6.92 Å². The fraction of sp³-hybridized carbons (Fsp3) is 0.214. The Balaban J connectivity index is 1.91. The number of nitrogens with zero attached hydrogens (tertiary/aromatic N) is 3. The van der Waals surface area contributed by atoms with Gasteiger partial charge in [0, 0.05) is 18.1 Å². The number of carbonyl (C=O) groups excluding carboxylic acids is 1. The number of carbonyl (C=O) groups is 1. The van der Waals surface area contributed by atoms with Crippen LogP contribution in [0.4, 0.5) is 19.0 Å². The predicted molar refractivity (Wildman–Crippen MR) is 76.9 cm³/mol. The average Bonchev–Trinajstić information content (AvgIpc) is 3.12. The van der Waals surface area contributed by atoms with Gasteiger partial charge in [0.15, 0.2) is 5.82 Å². The third-order valence-corrected chi connectivity index (χ3v) is 3.37. The van der Waals surface area contributed by atoms with E-state index < -0.39 is 17.6 Å². The molecule has 6 nitrogen and oxygen atoms in total. The summed E-state index contributed by atoms with van der Waals surface area (Å²) in [6.07, 6.45) is -2.94. The zero-order valence-corrected chi connectivity index (χ0v) is 12.0. The number of hydrogen-bond donors (Lipinski definition) is 2. The van der Waals surface area contributed by atoms with E-state index in [1.165, 1.54) is 16.9 Å². The van der Waals surface area contributed by atoms with E-state index in [0.29, 0.717) is 17.6 Å². The van der Waals surface area contributed by atoms with Gasteiger partial charge >= 0.3 is 6.18 Å². The van der Waals surface area contributed by atoms with E-state index in [-0.39, 0.29) is 11.3 Å². The summed E-state index contributed by atoms with van der Waals surface area (Å²) in [5.74, 6) is -0.264. The molecule has 0 aliphatic carbocycles. The molecule has 3 aromatic rings. The van der Waals surface area contributed by atoms with E-state index >= 15 is 0 Å². The lowest BCUT2D eigenvalue weighted by molar-refractivity contribution is -0.137. The van der Waals surface area contributed by atoms with E-state index in [2.05, 4.69) is 20.6 Å². The quantitative estimate of drug-likeness (QED) is 0.778. The second kappa shape index (κ2) is 5.41. The molecule has 23 heavy (non-hydrogen) atoms. The minimum absolute atomic E-state index is 0.169. The molecular weight excluding hydrogens is 311 g/mol. The molecule has 2 aromatic heterocycles. The van der Waals surface area contributed by atoms with Crippen LogP contribution in [0.25, 0.3) is 10.9 Å². The first kappa shape index (κ1) is 15.1. The van der Waals surface area contributed by atoms with Crippen molar-refractivity contribution >= 4 is 22.6 Å². The summed E-state index contributed by atoms with van der Waals surface area (Å²) in [5.41, 5.74) is -0.245. The van der Waals surface area contributed by atoms with Crippen LogP contribution in [-0.4, -0.2) is 25.9 Å². The predicted octanol–water partition coefficient (Wildman–Crippen LogP) is 3.05. The number of halogens is 3. The van der Waals surface area contributed by atoms with Gasteiger partial charge in [-0.1, -0.05) is 0 Å². The van der Waals surface area contributed by atoms with E-state index in [4.69, 9.17) is 0 Å². The number of benzene rings is 1. The second-order valence-corrected chi connectivity index (χ2v) is 4.82. The molecule has 0 fully saturated rings. The summed E-state index contributed by atoms with van der Waals surface area (Å²) >= 11 is 0. The van der Waals surface area contributed by atoms with Crippen molar-refractivity contribution in [3.8, 4) is 0 Å². The Labute approximate surface area is 128 Å². The molecule has 0 saturated carbocycles. The summed E-state index contributed by atoms with van der Waals surface area (Å²) in [5, 5.41) is 13.3. The topological polar surface area (TPSA) is 75.6 Å². The first-order valence-electron chi connectivity index (χ1n) is 6.78. The van der Waals surface area contributed by atoms with Crippen molar-refractivity contribution in [2.45, 2.75) is 19.6 Å². The van der Waals surface area contributed by atoms with Gasteiger partial charge in [0.25, 0.3) is 5.91 Å². The lowest BCUT2D eigenvalue weighted by Crippen LogP contribution is -2.17. The van der Waals surface area contributed by atoms with Crippen molar-refractivity contribution in [2.24, 2.45) is 0 Å². The number of amides is 1. The van der Waals surface area contributed by atoms with Gasteiger partial charge in [-0.15, -0.1) is 0 Å². The van der Waals surface area contributed by atoms with E-state index in [0.717, 1.165) is 12.1 Å². The van der Waals surface area contributed by atoms with Crippen LogP contribution in [0, 0.1) is 0 Å². The van der Waals surface area contributed by atoms with Crippen molar-refractivity contribution in [3.63, 3.8) is 0 Å². The molecule has 0 aliphatic rings. The van der Waals surface area contributed by atoms with Crippen LogP contribution in [0.5, 0.6) is 0 Å². The number of aromatic amines is 1. The van der Waals surface area contributed by atoms with Crippen molar-refractivity contribution in [1.29, 1.82) is 0 Å². The molecule has 0 bridgehead atoms. The second-order valence-electron chi connectivity index (χ2n) is 4.82. The number of anilines is 1. The van der Waals surface area contributed by atoms with Gasteiger partial charge in [0.05, 0.1) is 11.1 Å². The first-order valence-corrected chi connectivity index (χ1v) is 6.78. The maximum atomic E-state index is 12.7. The molecule has 9 heteroatoms. The molecule has 0 unspecified atom stereocenters. The number of aromatic nitrogens is 4.